The number of hydrogen-bond donors (Lipinski definition) is 0. The topological polar surface area (TPSA) is 36.0 Å². The van der Waals surface area contributed by atoms with Crippen LogP contribution >= 0.6 is 0 Å². The number of alkyl halides is 6. The summed E-state index contributed by atoms with van der Waals surface area (Å²) in [7, 11) is 0. The van der Waals surface area contributed by atoms with Crippen molar-refractivity contribution >= 4 is 6.09 Å². The zero-order chi connectivity index (χ0) is 26.1. The van der Waals surface area contributed by atoms with Gasteiger partial charge in [-0.1, -0.05) is 25.1 Å². The molecule has 1 spiro atoms. The van der Waals surface area contributed by atoms with Gasteiger partial charge < -0.3 is 9.64 Å². The fourth-order valence-corrected chi connectivity index (χ4v) is 5.83. The first-order valence-corrected chi connectivity index (χ1v) is 12.5. The maximum absolute atomic E-state index is 12.7. The largest absolute Gasteiger partial charge is 0.434 e. The lowest BCUT2D eigenvalue weighted by atomic mass is 9.78. The summed E-state index contributed by atoms with van der Waals surface area (Å²) in [6.07, 6.45) is -13.0. The van der Waals surface area contributed by atoms with Gasteiger partial charge in [0.1, 0.15) is 0 Å². The summed E-state index contributed by atoms with van der Waals surface area (Å²) in [5.41, 5.74) is 4.03. The van der Waals surface area contributed by atoms with E-state index in [0.29, 0.717) is 12.8 Å². The number of fused-ring (bicyclic) bond motifs is 1. The van der Waals surface area contributed by atoms with Crippen LogP contribution in [0.3, 0.4) is 0 Å². The first-order valence-electron chi connectivity index (χ1n) is 12.5. The van der Waals surface area contributed by atoms with Crippen molar-refractivity contribution in [2.45, 2.75) is 70.6 Å². The molecule has 1 amide bonds. The summed E-state index contributed by atoms with van der Waals surface area (Å²) < 4.78 is 80.4. The average molecular weight is 522 g/mol. The number of likely N-dealkylation sites (tertiary alicyclic amines) is 2. The molecule has 36 heavy (non-hydrogen) atoms. The van der Waals surface area contributed by atoms with Crippen molar-refractivity contribution in [3.05, 3.63) is 34.9 Å². The minimum atomic E-state index is -5.71. The number of benzene rings is 1. The smallest absolute Gasteiger partial charge is 0.426 e. The number of ether oxygens (including phenoxy) is 1. The van der Waals surface area contributed by atoms with Crippen molar-refractivity contribution in [1.82, 2.24) is 14.7 Å². The minimum Gasteiger partial charge on any atom is -0.426 e. The predicted octanol–water partition coefficient (Wildman–Crippen LogP) is 5.37. The zero-order valence-corrected chi connectivity index (χ0v) is 20.4. The van der Waals surface area contributed by atoms with Crippen LogP contribution in [0.15, 0.2) is 18.2 Å². The van der Waals surface area contributed by atoms with Crippen LogP contribution in [0.5, 0.6) is 0 Å². The first-order chi connectivity index (χ1) is 16.9. The van der Waals surface area contributed by atoms with E-state index in [9.17, 15) is 31.1 Å². The highest BCUT2D eigenvalue weighted by Crippen LogP contribution is 2.42. The van der Waals surface area contributed by atoms with E-state index in [1.807, 2.05) is 0 Å². The molecular formula is C25H33F6N3O2. The molecule has 0 saturated carbocycles. The number of halogens is 6. The van der Waals surface area contributed by atoms with Crippen LogP contribution in [0.1, 0.15) is 49.3 Å². The van der Waals surface area contributed by atoms with Gasteiger partial charge in [0.2, 0.25) is 0 Å². The molecule has 0 atom stereocenters. The number of amides is 1. The van der Waals surface area contributed by atoms with E-state index in [1.54, 1.807) is 0 Å². The molecule has 11 heteroatoms. The van der Waals surface area contributed by atoms with E-state index in [2.05, 4.69) is 39.7 Å². The van der Waals surface area contributed by atoms with Gasteiger partial charge in [0.15, 0.2) is 0 Å². The number of rotatable bonds is 5. The molecule has 4 rings (SSSR count). The molecule has 0 radical (unpaired) electrons. The molecule has 3 aliphatic rings. The average Bonchev–Trinajstić information content (AvgIpc) is 3.18. The summed E-state index contributed by atoms with van der Waals surface area (Å²) >= 11 is 0. The van der Waals surface area contributed by atoms with Gasteiger partial charge in [-0.15, -0.1) is 0 Å². The fourth-order valence-electron chi connectivity index (χ4n) is 5.83. The third-order valence-corrected chi connectivity index (χ3v) is 7.80. The summed E-state index contributed by atoms with van der Waals surface area (Å²) in [4.78, 5) is 17.9. The molecule has 3 aliphatic heterocycles. The third-order valence-electron chi connectivity index (χ3n) is 7.80. The Balaban J connectivity index is 1.33. The van der Waals surface area contributed by atoms with Crippen molar-refractivity contribution in [1.29, 1.82) is 0 Å². The molecule has 3 heterocycles. The molecule has 202 valence electrons. The monoisotopic (exact) mass is 521 g/mol. The molecule has 1 aromatic rings. The number of hydrogen-bond acceptors (Lipinski definition) is 4. The molecule has 0 N–H and O–H groups in total. The SMILES string of the molecule is CCCN1CCc2cccc(CN3CCC4(CCN(C(=O)OC(C(F)(F)F)C(F)(F)F)CC4)C3)c2C1. The molecule has 0 aromatic heterocycles. The van der Waals surface area contributed by atoms with Crippen LogP contribution in [0.4, 0.5) is 31.1 Å². The van der Waals surface area contributed by atoms with Crippen LogP contribution in [0, 0.1) is 5.41 Å². The van der Waals surface area contributed by atoms with E-state index in [1.165, 1.54) is 16.7 Å². The summed E-state index contributed by atoms with van der Waals surface area (Å²) in [5, 5.41) is 0. The minimum absolute atomic E-state index is 0.0851. The Bertz CT molecular complexity index is 913. The zero-order valence-electron chi connectivity index (χ0n) is 20.4. The van der Waals surface area contributed by atoms with Gasteiger partial charge in [-0.25, -0.2) is 4.79 Å². The Morgan fingerprint density at radius 3 is 2.31 bits per heavy atom. The highest BCUT2D eigenvalue weighted by molar-refractivity contribution is 5.68. The van der Waals surface area contributed by atoms with Crippen LogP contribution in [0.25, 0.3) is 0 Å². The normalized spacial score (nSPS) is 21.3. The Hall–Kier alpha value is -2.01. The summed E-state index contributed by atoms with van der Waals surface area (Å²) in [5.74, 6) is 0. The molecule has 0 aliphatic carbocycles. The Morgan fingerprint density at radius 2 is 1.67 bits per heavy atom. The van der Waals surface area contributed by atoms with Crippen molar-refractivity contribution in [3.8, 4) is 0 Å². The number of nitrogens with zero attached hydrogens (tertiary/aromatic N) is 3. The van der Waals surface area contributed by atoms with Crippen molar-refractivity contribution < 1.29 is 35.9 Å². The van der Waals surface area contributed by atoms with Gasteiger partial charge in [-0.2, -0.15) is 26.3 Å². The van der Waals surface area contributed by atoms with E-state index < -0.39 is 24.5 Å². The molecule has 2 fully saturated rings. The van der Waals surface area contributed by atoms with E-state index in [-0.39, 0.29) is 18.5 Å². The van der Waals surface area contributed by atoms with Crippen molar-refractivity contribution in [2.75, 3.05) is 39.3 Å². The maximum Gasteiger partial charge on any atom is 0.434 e. The van der Waals surface area contributed by atoms with Crippen LogP contribution in [0.2, 0.25) is 0 Å². The summed E-state index contributed by atoms with van der Waals surface area (Å²) in [6.45, 7) is 7.93. The molecule has 0 bridgehead atoms. The van der Waals surface area contributed by atoms with Crippen molar-refractivity contribution in [2.24, 2.45) is 5.41 Å². The second kappa shape index (κ2) is 10.4. The Morgan fingerprint density at radius 1 is 1.00 bits per heavy atom. The predicted molar refractivity (Wildman–Crippen MR) is 121 cm³/mol. The van der Waals surface area contributed by atoms with Crippen LogP contribution in [-0.2, 0) is 24.2 Å². The highest BCUT2D eigenvalue weighted by atomic mass is 19.4. The number of carbonyl (C=O) groups excluding carboxylic acids is 1. The lowest BCUT2D eigenvalue weighted by Gasteiger charge is -2.39. The number of piperidine rings is 1. The van der Waals surface area contributed by atoms with Crippen LogP contribution < -0.4 is 0 Å². The standard InChI is InChI=1S/C25H33F6N3O2/c1-2-10-32-11-6-18-4-3-5-19(20(18)16-32)15-33-12-7-23(17-33)8-13-34(14-9-23)22(35)36-21(24(26,27)28)25(29,30)31/h3-5,21H,2,6-17H2,1H3. The molecule has 2 saturated heterocycles. The first kappa shape index (κ1) is 27.0. The van der Waals surface area contributed by atoms with Crippen LogP contribution in [-0.4, -0.2) is 78.5 Å². The van der Waals surface area contributed by atoms with Gasteiger partial charge in [0.25, 0.3) is 6.10 Å². The van der Waals surface area contributed by atoms with E-state index in [4.69, 9.17) is 0 Å². The fraction of sp³-hybridized carbons (Fsp3) is 0.720. The van der Waals surface area contributed by atoms with Gasteiger partial charge in [-0.3, -0.25) is 9.80 Å². The molecular weight excluding hydrogens is 488 g/mol. The molecule has 0 unspecified atom stereocenters. The van der Waals surface area contributed by atoms with E-state index >= 15 is 0 Å². The lowest BCUT2D eigenvalue weighted by molar-refractivity contribution is -0.308. The maximum atomic E-state index is 12.7. The lowest BCUT2D eigenvalue weighted by Crippen LogP contribution is -2.50. The molecule has 1 aromatic carbocycles. The Kier molecular flexibility index (Phi) is 7.81. The van der Waals surface area contributed by atoms with E-state index in [0.717, 1.165) is 63.4 Å². The van der Waals surface area contributed by atoms with Gasteiger partial charge in [-0.05, 0) is 67.3 Å². The van der Waals surface area contributed by atoms with Gasteiger partial charge >= 0.3 is 18.4 Å². The van der Waals surface area contributed by atoms with Gasteiger partial charge in [0, 0.05) is 39.3 Å². The number of carbonyl (C=O) groups is 1. The second-order valence-corrected chi connectivity index (χ2v) is 10.4. The van der Waals surface area contributed by atoms with Gasteiger partial charge in [0.05, 0.1) is 0 Å². The van der Waals surface area contributed by atoms with Crippen molar-refractivity contribution in [3.63, 3.8) is 0 Å². The summed E-state index contributed by atoms with van der Waals surface area (Å²) in [6, 6.07) is 6.48. The highest BCUT2D eigenvalue weighted by Gasteiger charge is 2.60. The third kappa shape index (κ3) is 6.10. The second-order valence-electron chi connectivity index (χ2n) is 10.4. The Labute approximate surface area is 207 Å². The molecule has 5 nitrogen and oxygen atoms in total. The quantitative estimate of drug-likeness (QED) is 0.488.